The first-order valence-corrected chi connectivity index (χ1v) is 9.24. The van der Waals surface area contributed by atoms with Gasteiger partial charge < -0.3 is 10.0 Å². The SMILES string of the molecule is O=C(c1cccc(Br)c1)N1CCC(CCc2ccc(O)cc2)CC1. The third kappa shape index (κ3) is 4.38. The van der Waals surface area contributed by atoms with Crippen molar-refractivity contribution in [2.24, 2.45) is 5.92 Å². The number of carbonyl (C=O) groups is 1. The van der Waals surface area contributed by atoms with Crippen LogP contribution in [0.5, 0.6) is 5.75 Å². The van der Waals surface area contributed by atoms with Crippen LogP contribution in [0, 0.1) is 5.92 Å². The summed E-state index contributed by atoms with van der Waals surface area (Å²) in [4.78, 5) is 14.5. The van der Waals surface area contributed by atoms with Crippen LogP contribution in [0.25, 0.3) is 0 Å². The summed E-state index contributed by atoms with van der Waals surface area (Å²) in [6, 6.07) is 15.1. The Labute approximate surface area is 151 Å². The van der Waals surface area contributed by atoms with E-state index in [1.165, 1.54) is 5.56 Å². The number of piperidine rings is 1. The van der Waals surface area contributed by atoms with Crippen LogP contribution >= 0.6 is 15.9 Å². The molecule has 3 rings (SSSR count). The van der Waals surface area contributed by atoms with Crippen LogP contribution in [-0.4, -0.2) is 29.0 Å². The van der Waals surface area contributed by atoms with Gasteiger partial charge in [-0.25, -0.2) is 0 Å². The number of amides is 1. The largest absolute Gasteiger partial charge is 0.508 e. The van der Waals surface area contributed by atoms with Gasteiger partial charge >= 0.3 is 0 Å². The van der Waals surface area contributed by atoms with E-state index in [1.807, 2.05) is 41.3 Å². The van der Waals surface area contributed by atoms with Crippen molar-refractivity contribution in [3.05, 3.63) is 64.1 Å². The topological polar surface area (TPSA) is 40.5 Å². The Hall–Kier alpha value is -1.81. The molecule has 24 heavy (non-hydrogen) atoms. The molecule has 1 N–H and O–H groups in total. The van der Waals surface area contributed by atoms with Gasteiger partial charge in [0.1, 0.15) is 5.75 Å². The Morgan fingerprint density at radius 3 is 2.50 bits per heavy atom. The van der Waals surface area contributed by atoms with Gasteiger partial charge in [-0.15, -0.1) is 0 Å². The minimum Gasteiger partial charge on any atom is -0.508 e. The highest BCUT2D eigenvalue weighted by molar-refractivity contribution is 9.10. The molecule has 3 nitrogen and oxygen atoms in total. The lowest BCUT2D eigenvalue weighted by molar-refractivity contribution is 0.0687. The number of benzene rings is 2. The molecule has 0 unspecified atom stereocenters. The summed E-state index contributed by atoms with van der Waals surface area (Å²) < 4.78 is 0.942. The van der Waals surface area contributed by atoms with Crippen molar-refractivity contribution in [1.29, 1.82) is 0 Å². The number of phenolic OH excluding ortho intramolecular Hbond substituents is 1. The lowest BCUT2D eigenvalue weighted by atomic mass is 9.90. The monoisotopic (exact) mass is 387 g/mol. The summed E-state index contributed by atoms with van der Waals surface area (Å²) in [5.41, 5.74) is 2.02. The van der Waals surface area contributed by atoms with E-state index in [9.17, 15) is 9.90 Å². The third-order valence-electron chi connectivity index (χ3n) is 4.75. The highest BCUT2D eigenvalue weighted by Crippen LogP contribution is 2.24. The summed E-state index contributed by atoms with van der Waals surface area (Å²) in [6.07, 6.45) is 4.31. The molecule has 0 aliphatic carbocycles. The van der Waals surface area contributed by atoms with E-state index < -0.39 is 0 Å². The van der Waals surface area contributed by atoms with Crippen LogP contribution in [-0.2, 0) is 6.42 Å². The second-order valence-electron chi connectivity index (χ2n) is 6.45. The van der Waals surface area contributed by atoms with E-state index in [0.29, 0.717) is 11.7 Å². The van der Waals surface area contributed by atoms with E-state index in [4.69, 9.17) is 0 Å². The molecule has 1 aliphatic heterocycles. The molecule has 1 amide bonds. The summed E-state index contributed by atoms with van der Waals surface area (Å²) in [5, 5.41) is 9.33. The van der Waals surface area contributed by atoms with Crippen molar-refractivity contribution < 1.29 is 9.90 Å². The number of phenols is 1. The fourth-order valence-electron chi connectivity index (χ4n) is 3.26. The second-order valence-corrected chi connectivity index (χ2v) is 7.37. The predicted octanol–water partition coefficient (Wildman–Crippen LogP) is 4.64. The van der Waals surface area contributed by atoms with Crippen molar-refractivity contribution in [2.75, 3.05) is 13.1 Å². The number of hydrogen-bond acceptors (Lipinski definition) is 2. The van der Waals surface area contributed by atoms with Crippen LogP contribution in [0.3, 0.4) is 0 Å². The number of likely N-dealkylation sites (tertiary alicyclic amines) is 1. The van der Waals surface area contributed by atoms with E-state index in [0.717, 1.165) is 48.8 Å². The number of halogens is 1. The lowest BCUT2D eigenvalue weighted by Crippen LogP contribution is -2.38. The van der Waals surface area contributed by atoms with Gasteiger partial charge in [0.15, 0.2) is 0 Å². The lowest BCUT2D eigenvalue weighted by Gasteiger charge is -2.32. The average molecular weight is 388 g/mol. The fraction of sp³-hybridized carbons (Fsp3) is 0.350. The number of hydrogen-bond donors (Lipinski definition) is 1. The molecule has 1 fully saturated rings. The smallest absolute Gasteiger partial charge is 0.253 e. The second kappa shape index (κ2) is 7.84. The molecular weight excluding hydrogens is 366 g/mol. The van der Waals surface area contributed by atoms with Crippen LogP contribution in [0.1, 0.15) is 35.2 Å². The van der Waals surface area contributed by atoms with Crippen LogP contribution in [0.2, 0.25) is 0 Å². The summed E-state index contributed by atoms with van der Waals surface area (Å²) in [5.74, 6) is 1.12. The maximum absolute atomic E-state index is 12.6. The Balaban J connectivity index is 1.48. The van der Waals surface area contributed by atoms with Gasteiger partial charge in [-0.2, -0.15) is 0 Å². The zero-order valence-corrected chi connectivity index (χ0v) is 15.2. The quantitative estimate of drug-likeness (QED) is 0.829. The molecule has 1 aliphatic rings. The molecule has 1 saturated heterocycles. The molecule has 0 saturated carbocycles. The molecule has 0 radical (unpaired) electrons. The van der Waals surface area contributed by atoms with E-state index >= 15 is 0 Å². The normalized spacial score (nSPS) is 15.5. The minimum absolute atomic E-state index is 0.133. The number of rotatable bonds is 4. The van der Waals surface area contributed by atoms with Crippen molar-refractivity contribution in [3.8, 4) is 5.75 Å². The number of aryl methyl sites for hydroxylation is 1. The molecule has 2 aromatic carbocycles. The Morgan fingerprint density at radius 2 is 1.83 bits per heavy atom. The zero-order chi connectivity index (χ0) is 16.9. The van der Waals surface area contributed by atoms with Crippen molar-refractivity contribution in [2.45, 2.75) is 25.7 Å². The predicted molar refractivity (Wildman–Crippen MR) is 99.2 cm³/mol. The van der Waals surface area contributed by atoms with E-state index in [1.54, 1.807) is 12.1 Å². The highest BCUT2D eigenvalue weighted by Gasteiger charge is 2.23. The maximum atomic E-state index is 12.6. The molecule has 0 bridgehead atoms. The first-order valence-electron chi connectivity index (χ1n) is 8.44. The fourth-order valence-corrected chi connectivity index (χ4v) is 3.66. The van der Waals surface area contributed by atoms with E-state index in [2.05, 4.69) is 15.9 Å². The van der Waals surface area contributed by atoms with Gasteiger partial charge in [0.05, 0.1) is 0 Å². The molecule has 126 valence electrons. The first kappa shape index (κ1) is 17.0. The molecule has 1 heterocycles. The van der Waals surface area contributed by atoms with Gasteiger partial charge in [0.2, 0.25) is 0 Å². The summed E-state index contributed by atoms with van der Waals surface area (Å²) >= 11 is 3.42. The summed E-state index contributed by atoms with van der Waals surface area (Å²) in [7, 11) is 0. The van der Waals surface area contributed by atoms with Gasteiger partial charge in [-0.3, -0.25) is 4.79 Å². The van der Waals surface area contributed by atoms with Crippen LogP contribution in [0.15, 0.2) is 53.0 Å². The Bertz CT molecular complexity index is 691. The molecule has 4 heteroatoms. The van der Waals surface area contributed by atoms with Gasteiger partial charge in [0.25, 0.3) is 5.91 Å². The average Bonchev–Trinajstić information content (AvgIpc) is 2.61. The summed E-state index contributed by atoms with van der Waals surface area (Å²) in [6.45, 7) is 1.68. The standard InChI is InChI=1S/C20H22BrNO2/c21-18-3-1-2-17(14-18)20(24)22-12-10-16(11-13-22)5-4-15-6-8-19(23)9-7-15/h1-3,6-9,14,16,23H,4-5,10-13H2. The molecule has 2 aromatic rings. The zero-order valence-electron chi connectivity index (χ0n) is 13.6. The Kier molecular flexibility index (Phi) is 5.56. The minimum atomic E-state index is 0.133. The van der Waals surface area contributed by atoms with Crippen molar-refractivity contribution >= 4 is 21.8 Å². The van der Waals surface area contributed by atoms with Crippen molar-refractivity contribution in [1.82, 2.24) is 4.90 Å². The van der Waals surface area contributed by atoms with E-state index in [-0.39, 0.29) is 5.91 Å². The number of nitrogens with zero attached hydrogens (tertiary/aromatic N) is 1. The highest BCUT2D eigenvalue weighted by atomic mass is 79.9. The first-order chi connectivity index (χ1) is 11.6. The third-order valence-corrected chi connectivity index (χ3v) is 5.24. The molecular formula is C20H22BrNO2. The maximum Gasteiger partial charge on any atom is 0.253 e. The molecule has 0 aromatic heterocycles. The number of carbonyl (C=O) groups excluding carboxylic acids is 1. The van der Waals surface area contributed by atoms with Crippen molar-refractivity contribution in [3.63, 3.8) is 0 Å². The molecule has 0 atom stereocenters. The van der Waals surface area contributed by atoms with Crippen LogP contribution < -0.4 is 0 Å². The van der Waals surface area contributed by atoms with Gasteiger partial charge in [-0.05, 0) is 67.5 Å². The Morgan fingerprint density at radius 1 is 1.12 bits per heavy atom. The van der Waals surface area contributed by atoms with Crippen LogP contribution in [0.4, 0.5) is 0 Å². The van der Waals surface area contributed by atoms with Gasteiger partial charge in [-0.1, -0.05) is 34.1 Å². The molecule has 0 spiro atoms. The number of aromatic hydroxyl groups is 1. The van der Waals surface area contributed by atoms with Gasteiger partial charge in [0, 0.05) is 23.1 Å².